The summed E-state index contributed by atoms with van der Waals surface area (Å²) in [5.74, 6) is 0.938. The molecule has 4 N–H and O–H groups in total. The van der Waals surface area contributed by atoms with Crippen molar-refractivity contribution in [2.24, 2.45) is 0 Å². The predicted octanol–water partition coefficient (Wildman–Crippen LogP) is 2.35. The molecule has 0 saturated carbocycles. The standard InChI is InChI=1S/C21H22N8O2.CH4/c22-19-10-23-9-17(26-19)18-12-29-6-5-24-21(29)20(27-18)25-14-1-3-15(4-2-14)28-7-8-31-16(11-28)13-30;/h1-6,9-10,12,16,30H,7-8,11,13H2,(H2,22,26)(H,25,27);1H4/t16-;/m1./s1. The minimum Gasteiger partial charge on any atom is -0.394 e. The lowest BCUT2D eigenvalue weighted by atomic mass is 10.2. The summed E-state index contributed by atoms with van der Waals surface area (Å²) >= 11 is 0. The summed E-state index contributed by atoms with van der Waals surface area (Å²) in [6.45, 7) is 2.09. The van der Waals surface area contributed by atoms with Crippen molar-refractivity contribution in [1.29, 1.82) is 0 Å². The monoisotopic (exact) mass is 434 g/mol. The number of aliphatic hydroxyl groups is 1. The van der Waals surface area contributed by atoms with Gasteiger partial charge >= 0.3 is 0 Å². The average molecular weight is 435 g/mol. The molecule has 10 heteroatoms. The van der Waals surface area contributed by atoms with Gasteiger partial charge in [-0.1, -0.05) is 7.43 Å². The third kappa shape index (κ3) is 4.32. The van der Waals surface area contributed by atoms with E-state index in [0.29, 0.717) is 41.8 Å². The minimum absolute atomic E-state index is 0. The molecule has 1 atom stereocenters. The SMILES string of the molecule is C.Nc1cncc(-c2cn3ccnc3c(Nc3ccc(N4CCO[C@@H](CO)C4)cc3)n2)n1. The zero-order chi connectivity index (χ0) is 21.2. The lowest BCUT2D eigenvalue weighted by molar-refractivity contribution is 0.00357. The number of morpholine rings is 1. The second-order valence-electron chi connectivity index (χ2n) is 7.26. The number of aliphatic hydroxyl groups excluding tert-OH is 1. The molecule has 0 bridgehead atoms. The van der Waals surface area contributed by atoms with Crippen molar-refractivity contribution >= 4 is 28.7 Å². The molecular weight excluding hydrogens is 408 g/mol. The number of nitrogen functional groups attached to an aromatic ring is 1. The number of aromatic nitrogens is 5. The van der Waals surface area contributed by atoms with Crippen LogP contribution in [0.25, 0.3) is 17.0 Å². The Hall–Kier alpha value is -3.76. The number of nitrogens with zero attached hydrogens (tertiary/aromatic N) is 6. The summed E-state index contributed by atoms with van der Waals surface area (Å²) < 4.78 is 7.41. The first-order chi connectivity index (χ1) is 15.2. The lowest BCUT2D eigenvalue weighted by Crippen LogP contribution is -2.44. The molecule has 0 aliphatic carbocycles. The zero-order valence-corrected chi connectivity index (χ0v) is 16.7. The fraction of sp³-hybridized carbons (Fsp3) is 0.273. The van der Waals surface area contributed by atoms with Gasteiger partial charge in [0.15, 0.2) is 11.5 Å². The number of fused-ring (bicyclic) bond motifs is 1. The van der Waals surface area contributed by atoms with E-state index in [1.165, 1.54) is 6.20 Å². The molecule has 1 fully saturated rings. The van der Waals surface area contributed by atoms with Gasteiger partial charge in [0.25, 0.3) is 0 Å². The smallest absolute Gasteiger partial charge is 0.180 e. The first-order valence-electron chi connectivity index (χ1n) is 9.96. The highest BCUT2D eigenvalue weighted by molar-refractivity contribution is 5.73. The van der Waals surface area contributed by atoms with Gasteiger partial charge in [0.2, 0.25) is 0 Å². The third-order valence-electron chi connectivity index (χ3n) is 5.13. The number of imidazole rings is 1. The van der Waals surface area contributed by atoms with E-state index < -0.39 is 0 Å². The van der Waals surface area contributed by atoms with Crippen LogP contribution in [0.4, 0.5) is 23.0 Å². The molecule has 0 radical (unpaired) electrons. The molecule has 32 heavy (non-hydrogen) atoms. The molecule has 4 aromatic rings. The van der Waals surface area contributed by atoms with Gasteiger partial charge in [0, 0.05) is 43.1 Å². The maximum atomic E-state index is 9.36. The maximum Gasteiger partial charge on any atom is 0.180 e. The predicted molar refractivity (Wildman–Crippen MR) is 124 cm³/mol. The van der Waals surface area contributed by atoms with Crippen LogP contribution in [0.1, 0.15) is 7.43 Å². The van der Waals surface area contributed by atoms with Gasteiger partial charge < -0.3 is 30.2 Å². The van der Waals surface area contributed by atoms with Crippen LogP contribution >= 0.6 is 0 Å². The number of rotatable bonds is 5. The number of ether oxygens (including phenoxy) is 1. The van der Waals surface area contributed by atoms with Crippen molar-refractivity contribution in [3.05, 3.63) is 55.2 Å². The molecule has 1 saturated heterocycles. The Kier molecular flexibility index (Phi) is 6.15. The Morgan fingerprint density at radius 1 is 1.16 bits per heavy atom. The summed E-state index contributed by atoms with van der Waals surface area (Å²) in [6.07, 6.45) is 8.39. The summed E-state index contributed by atoms with van der Waals surface area (Å²) in [5.41, 5.74) is 9.65. The lowest BCUT2D eigenvalue weighted by Gasteiger charge is -2.33. The summed E-state index contributed by atoms with van der Waals surface area (Å²) in [7, 11) is 0. The zero-order valence-electron chi connectivity index (χ0n) is 16.7. The highest BCUT2D eigenvalue weighted by atomic mass is 16.5. The van der Waals surface area contributed by atoms with Crippen LogP contribution in [-0.2, 0) is 4.74 Å². The third-order valence-corrected chi connectivity index (χ3v) is 5.13. The van der Waals surface area contributed by atoms with Crippen molar-refractivity contribution in [1.82, 2.24) is 24.3 Å². The van der Waals surface area contributed by atoms with Crippen molar-refractivity contribution in [2.45, 2.75) is 13.5 Å². The van der Waals surface area contributed by atoms with Gasteiger partial charge in [-0.2, -0.15) is 0 Å². The molecule has 5 rings (SSSR count). The van der Waals surface area contributed by atoms with Gasteiger partial charge in [-0.05, 0) is 24.3 Å². The van der Waals surface area contributed by atoms with Crippen LogP contribution in [0.3, 0.4) is 0 Å². The number of hydrogen-bond acceptors (Lipinski definition) is 9. The van der Waals surface area contributed by atoms with Crippen LogP contribution in [0.15, 0.2) is 55.2 Å². The maximum absolute atomic E-state index is 9.36. The fourth-order valence-electron chi connectivity index (χ4n) is 3.60. The molecule has 1 aliphatic rings. The molecule has 166 valence electrons. The quantitative estimate of drug-likeness (QED) is 0.434. The molecular formula is C22H26N8O2. The second kappa shape index (κ2) is 9.16. The van der Waals surface area contributed by atoms with Crippen LogP contribution in [0.5, 0.6) is 0 Å². The van der Waals surface area contributed by atoms with Gasteiger partial charge in [-0.3, -0.25) is 4.98 Å². The number of benzene rings is 1. The Bertz CT molecular complexity index is 1190. The van der Waals surface area contributed by atoms with Crippen LogP contribution in [-0.4, -0.2) is 61.9 Å². The van der Waals surface area contributed by atoms with E-state index in [1.807, 2.05) is 41.1 Å². The molecule has 1 aliphatic heterocycles. The summed E-state index contributed by atoms with van der Waals surface area (Å²) in [4.78, 5) is 19.7. The minimum atomic E-state index is -0.151. The van der Waals surface area contributed by atoms with Gasteiger partial charge in [-0.25, -0.2) is 15.0 Å². The Labute approximate surface area is 185 Å². The molecule has 3 aromatic heterocycles. The number of nitrogens with one attached hydrogen (secondary N) is 1. The number of hydrogen-bond donors (Lipinski definition) is 3. The second-order valence-corrected chi connectivity index (χ2v) is 7.26. The average Bonchev–Trinajstić information content (AvgIpc) is 3.29. The van der Waals surface area contributed by atoms with Crippen molar-refractivity contribution in [3.8, 4) is 11.4 Å². The molecule has 1 aromatic carbocycles. The van der Waals surface area contributed by atoms with E-state index in [4.69, 9.17) is 15.5 Å². The normalized spacial score (nSPS) is 16.0. The van der Waals surface area contributed by atoms with Crippen LogP contribution in [0.2, 0.25) is 0 Å². The number of anilines is 4. The molecule has 4 heterocycles. The van der Waals surface area contributed by atoms with E-state index in [1.54, 1.807) is 12.4 Å². The fourth-order valence-corrected chi connectivity index (χ4v) is 3.60. The van der Waals surface area contributed by atoms with E-state index in [2.05, 4.69) is 25.2 Å². The van der Waals surface area contributed by atoms with Crippen LogP contribution < -0.4 is 16.0 Å². The Morgan fingerprint density at radius 2 is 2.00 bits per heavy atom. The van der Waals surface area contributed by atoms with Gasteiger partial charge in [0.05, 0.1) is 31.7 Å². The molecule has 0 amide bonds. The molecule has 0 unspecified atom stereocenters. The highest BCUT2D eigenvalue weighted by Gasteiger charge is 2.20. The summed E-state index contributed by atoms with van der Waals surface area (Å²) in [5, 5.41) is 12.7. The first-order valence-corrected chi connectivity index (χ1v) is 9.96. The van der Waals surface area contributed by atoms with Crippen LogP contribution in [0, 0.1) is 0 Å². The Balaban J connectivity index is 0.00000245. The van der Waals surface area contributed by atoms with E-state index in [9.17, 15) is 5.11 Å². The van der Waals surface area contributed by atoms with E-state index in [0.717, 1.165) is 17.9 Å². The number of nitrogens with two attached hydrogens (primary N) is 1. The van der Waals surface area contributed by atoms with Crippen molar-refractivity contribution in [2.75, 3.05) is 42.3 Å². The van der Waals surface area contributed by atoms with E-state index in [-0.39, 0.29) is 20.1 Å². The Morgan fingerprint density at radius 3 is 2.78 bits per heavy atom. The first kappa shape index (κ1) is 21.5. The largest absolute Gasteiger partial charge is 0.394 e. The summed E-state index contributed by atoms with van der Waals surface area (Å²) in [6, 6.07) is 8.07. The highest BCUT2D eigenvalue weighted by Crippen LogP contribution is 2.26. The van der Waals surface area contributed by atoms with Crippen molar-refractivity contribution in [3.63, 3.8) is 0 Å². The van der Waals surface area contributed by atoms with E-state index >= 15 is 0 Å². The van der Waals surface area contributed by atoms with Gasteiger partial charge in [-0.15, -0.1) is 0 Å². The topological polar surface area (TPSA) is 127 Å². The molecule has 0 spiro atoms. The van der Waals surface area contributed by atoms with Gasteiger partial charge in [0.1, 0.15) is 17.2 Å². The van der Waals surface area contributed by atoms with Crippen molar-refractivity contribution < 1.29 is 9.84 Å². The molecule has 10 nitrogen and oxygen atoms in total.